The van der Waals surface area contributed by atoms with Gasteiger partial charge >= 0.3 is 0 Å². The highest BCUT2D eigenvalue weighted by Gasteiger charge is 2.39. The fourth-order valence-corrected chi connectivity index (χ4v) is 5.23. The molecule has 9 heteroatoms. The Hall–Kier alpha value is -3.33. The number of benzene rings is 1. The molecule has 4 heterocycles. The molecule has 0 atom stereocenters. The number of imidazole rings is 1. The minimum absolute atomic E-state index is 0.0114. The van der Waals surface area contributed by atoms with Crippen molar-refractivity contribution in [2.24, 2.45) is 7.05 Å². The predicted octanol–water partition coefficient (Wildman–Crippen LogP) is 3.73. The smallest absolute Gasteiger partial charge is 0.274 e. The summed E-state index contributed by atoms with van der Waals surface area (Å²) >= 11 is 0. The molecule has 0 bridgehead atoms. The maximum absolute atomic E-state index is 14.0. The average molecular weight is 494 g/mol. The molecule has 36 heavy (non-hydrogen) atoms. The van der Waals surface area contributed by atoms with Crippen molar-refractivity contribution in [3.63, 3.8) is 0 Å². The third-order valence-electron chi connectivity index (χ3n) is 6.90. The van der Waals surface area contributed by atoms with Crippen molar-refractivity contribution >= 4 is 5.91 Å². The molecule has 0 radical (unpaired) electrons. The monoisotopic (exact) mass is 493 g/mol. The van der Waals surface area contributed by atoms with E-state index < -0.39 is 5.54 Å². The Balaban J connectivity index is 1.73. The molecule has 1 fully saturated rings. The summed E-state index contributed by atoms with van der Waals surface area (Å²) < 4.78 is 21.3. The van der Waals surface area contributed by atoms with Crippen LogP contribution in [0, 0.1) is 6.92 Å². The molecule has 1 amide bonds. The zero-order valence-electron chi connectivity index (χ0n) is 22.2. The average Bonchev–Trinajstić information content (AvgIpc) is 3.36. The van der Waals surface area contributed by atoms with E-state index in [9.17, 15) is 4.79 Å². The number of nitrogens with zero attached hydrogens (tertiary/aromatic N) is 5. The highest BCUT2D eigenvalue weighted by Crippen LogP contribution is 2.40. The van der Waals surface area contributed by atoms with Gasteiger partial charge in [0, 0.05) is 19.7 Å². The third kappa shape index (κ3) is 4.05. The number of hydrogen-bond donors (Lipinski definition) is 0. The van der Waals surface area contributed by atoms with Crippen molar-refractivity contribution in [1.82, 2.24) is 24.2 Å². The topological polar surface area (TPSA) is 83.6 Å². The van der Waals surface area contributed by atoms with Gasteiger partial charge in [0.2, 0.25) is 0 Å². The first-order valence-electron chi connectivity index (χ1n) is 12.5. The molecule has 3 aromatic rings. The number of methoxy groups -OCH3 is 1. The van der Waals surface area contributed by atoms with Crippen LogP contribution < -0.4 is 9.47 Å². The number of aromatic nitrogens is 4. The molecule has 0 aliphatic carbocycles. The number of ether oxygens (including phenoxy) is 3. The van der Waals surface area contributed by atoms with E-state index in [1.807, 2.05) is 69.4 Å². The van der Waals surface area contributed by atoms with E-state index in [1.165, 1.54) is 0 Å². The lowest BCUT2D eigenvalue weighted by atomic mass is 9.98. The Bertz CT molecular complexity index is 1320. The van der Waals surface area contributed by atoms with Gasteiger partial charge in [-0.1, -0.05) is 0 Å². The minimum Gasteiger partial charge on any atom is -0.493 e. The number of amides is 1. The summed E-state index contributed by atoms with van der Waals surface area (Å²) in [4.78, 5) is 20.9. The fraction of sp³-hybridized carbons (Fsp3) is 0.519. The maximum Gasteiger partial charge on any atom is 0.274 e. The first-order valence-corrected chi connectivity index (χ1v) is 12.5. The second-order valence-corrected chi connectivity index (χ2v) is 10.5. The van der Waals surface area contributed by atoms with Gasteiger partial charge in [-0.25, -0.2) is 4.98 Å². The Morgan fingerprint density at radius 2 is 1.94 bits per heavy atom. The van der Waals surface area contributed by atoms with E-state index in [0.717, 1.165) is 34.8 Å². The summed E-state index contributed by atoms with van der Waals surface area (Å²) in [6.07, 6.45) is 1.45. The van der Waals surface area contributed by atoms with Crippen LogP contribution in [0.3, 0.4) is 0 Å². The summed E-state index contributed by atoms with van der Waals surface area (Å²) in [5.41, 5.74) is 4.81. The number of carbonyl (C=O) groups excluding carboxylic acids is 1. The van der Waals surface area contributed by atoms with Gasteiger partial charge < -0.3 is 19.1 Å². The third-order valence-corrected chi connectivity index (χ3v) is 6.90. The number of rotatable bonds is 5. The van der Waals surface area contributed by atoms with Crippen LogP contribution in [-0.4, -0.2) is 68.6 Å². The molecule has 1 saturated heterocycles. The molecule has 0 unspecified atom stereocenters. The summed E-state index contributed by atoms with van der Waals surface area (Å²) in [7, 11) is 3.56. The zero-order valence-corrected chi connectivity index (χ0v) is 22.2. The van der Waals surface area contributed by atoms with Crippen LogP contribution >= 0.6 is 0 Å². The molecule has 2 aromatic heterocycles. The van der Waals surface area contributed by atoms with Crippen molar-refractivity contribution in [3.05, 3.63) is 40.8 Å². The van der Waals surface area contributed by atoms with Crippen molar-refractivity contribution in [2.45, 2.75) is 59.1 Å². The van der Waals surface area contributed by atoms with Gasteiger partial charge in [0.05, 0.1) is 49.0 Å². The first kappa shape index (κ1) is 24.4. The number of carbonyl (C=O) groups is 1. The van der Waals surface area contributed by atoms with E-state index in [4.69, 9.17) is 19.2 Å². The van der Waals surface area contributed by atoms with Crippen LogP contribution in [0.2, 0.25) is 0 Å². The highest BCUT2D eigenvalue weighted by atomic mass is 16.5. The molecule has 192 valence electrons. The highest BCUT2D eigenvalue weighted by molar-refractivity contribution is 5.95. The van der Waals surface area contributed by atoms with Crippen molar-refractivity contribution in [1.29, 1.82) is 0 Å². The number of aryl methyl sites for hydroxylation is 3. The van der Waals surface area contributed by atoms with Gasteiger partial charge in [-0.15, -0.1) is 0 Å². The van der Waals surface area contributed by atoms with Crippen LogP contribution in [-0.2, 0) is 24.6 Å². The lowest BCUT2D eigenvalue weighted by Gasteiger charge is -2.41. The van der Waals surface area contributed by atoms with E-state index in [2.05, 4.69) is 9.67 Å². The quantitative estimate of drug-likeness (QED) is 0.539. The minimum atomic E-state index is -0.409. The lowest BCUT2D eigenvalue weighted by Crippen LogP contribution is -2.55. The van der Waals surface area contributed by atoms with E-state index in [0.29, 0.717) is 49.2 Å². The molecule has 2 aliphatic heterocycles. The molecule has 1 aromatic carbocycles. The van der Waals surface area contributed by atoms with Gasteiger partial charge in [-0.05, 0) is 65.2 Å². The summed E-state index contributed by atoms with van der Waals surface area (Å²) in [6.45, 7) is 11.6. The maximum atomic E-state index is 14.0. The molecular formula is C27H35N5O4. The fourth-order valence-electron chi connectivity index (χ4n) is 5.23. The Labute approximate surface area is 212 Å². The van der Waals surface area contributed by atoms with E-state index in [-0.39, 0.29) is 12.0 Å². The Kier molecular flexibility index (Phi) is 6.06. The molecule has 5 rings (SSSR count). The number of hydrogen-bond acceptors (Lipinski definition) is 6. The SMILES string of the molecule is COc1cc2c(cc1OC(C)C)-n1c(-c3cc(C)nn3C)nc(C(=O)N3CCOCC3(C)C)c1CC2. The van der Waals surface area contributed by atoms with E-state index in [1.54, 1.807) is 7.11 Å². The van der Waals surface area contributed by atoms with Crippen LogP contribution in [0.1, 0.15) is 55.1 Å². The molecule has 0 saturated carbocycles. The molecule has 2 aliphatic rings. The van der Waals surface area contributed by atoms with Gasteiger partial charge in [0.1, 0.15) is 5.69 Å². The summed E-state index contributed by atoms with van der Waals surface area (Å²) in [5, 5.41) is 4.55. The second kappa shape index (κ2) is 8.96. The summed E-state index contributed by atoms with van der Waals surface area (Å²) in [5.74, 6) is 2.01. The molecular weight excluding hydrogens is 458 g/mol. The molecule has 0 spiro atoms. The molecule has 0 N–H and O–H groups in total. The van der Waals surface area contributed by atoms with Crippen molar-refractivity contribution in [2.75, 3.05) is 26.9 Å². The Morgan fingerprint density at radius 3 is 2.58 bits per heavy atom. The van der Waals surface area contributed by atoms with Crippen LogP contribution in [0.15, 0.2) is 18.2 Å². The van der Waals surface area contributed by atoms with Crippen LogP contribution in [0.4, 0.5) is 0 Å². The van der Waals surface area contributed by atoms with Crippen molar-refractivity contribution in [3.8, 4) is 28.7 Å². The van der Waals surface area contributed by atoms with E-state index >= 15 is 0 Å². The van der Waals surface area contributed by atoms with Gasteiger partial charge in [-0.3, -0.25) is 14.0 Å². The Morgan fingerprint density at radius 1 is 1.17 bits per heavy atom. The number of morpholine rings is 1. The largest absolute Gasteiger partial charge is 0.493 e. The van der Waals surface area contributed by atoms with Gasteiger partial charge in [0.15, 0.2) is 23.0 Å². The van der Waals surface area contributed by atoms with Gasteiger partial charge in [0.25, 0.3) is 5.91 Å². The van der Waals surface area contributed by atoms with Crippen LogP contribution in [0.5, 0.6) is 11.5 Å². The molecule has 9 nitrogen and oxygen atoms in total. The number of fused-ring (bicyclic) bond motifs is 3. The van der Waals surface area contributed by atoms with Crippen LogP contribution in [0.25, 0.3) is 17.2 Å². The van der Waals surface area contributed by atoms with Crippen molar-refractivity contribution < 1.29 is 19.0 Å². The normalized spacial score (nSPS) is 16.6. The standard InChI is InChI=1S/C27H35N5O4/c1-16(2)36-23-14-20-18(13-22(23)34-7)8-9-19-24(26(33)31-10-11-35-15-27(31,4)5)28-25(32(19)20)21-12-17(3)29-30(21)6/h12-14,16H,8-11,15H2,1-7H3. The van der Waals surface area contributed by atoms with Gasteiger partial charge in [-0.2, -0.15) is 5.10 Å². The first-order chi connectivity index (χ1) is 17.1. The lowest BCUT2D eigenvalue weighted by molar-refractivity contribution is -0.0373. The second-order valence-electron chi connectivity index (χ2n) is 10.5. The summed E-state index contributed by atoms with van der Waals surface area (Å²) in [6, 6.07) is 6.06. The predicted molar refractivity (Wildman–Crippen MR) is 136 cm³/mol. The zero-order chi connectivity index (χ0) is 25.8.